The molecule has 0 saturated carbocycles. The number of hydrogen-bond donors (Lipinski definition) is 2. The average Bonchev–Trinajstić information content (AvgIpc) is 2.49. The third-order valence-electron chi connectivity index (χ3n) is 2.98. The molecule has 0 radical (unpaired) electrons. The van der Waals surface area contributed by atoms with E-state index in [1.165, 1.54) is 0 Å². The van der Waals surface area contributed by atoms with E-state index in [9.17, 15) is 0 Å². The molecule has 0 bridgehead atoms. The van der Waals surface area contributed by atoms with Gasteiger partial charge in [-0.1, -0.05) is 41.9 Å². The Morgan fingerprint density at radius 3 is 2.59 bits per heavy atom. The molecule has 0 aliphatic rings. The number of nitrogens with two attached hydrogens (primary N) is 1. The molecule has 0 heterocycles. The van der Waals surface area contributed by atoms with Crippen molar-refractivity contribution in [3.8, 4) is 0 Å². The highest BCUT2D eigenvalue weighted by Crippen LogP contribution is 2.20. The molecule has 0 spiro atoms. The van der Waals surface area contributed by atoms with Crippen LogP contribution in [-0.4, -0.2) is 19.6 Å². The van der Waals surface area contributed by atoms with Gasteiger partial charge >= 0.3 is 0 Å². The maximum Gasteiger partial charge on any atom is 0.193 e. The first-order valence-corrected chi connectivity index (χ1v) is 6.97. The Labute approximate surface area is 152 Å². The fraction of sp³-hybridized carbons (Fsp3) is 0.188. The monoisotopic (exact) mass is 431 g/mol. The predicted octanol–water partition coefficient (Wildman–Crippen LogP) is 4.07. The summed E-state index contributed by atoms with van der Waals surface area (Å²) in [7, 11) is 1.64. The zero-order chi connectivity index (χ0) is 15.1. The Morgan fingerprint density at radius 1 is 1.23 bits per heavy atom. The van der Waals surface area contributed by atoms with Crippen LogP contribution in [0.3, 0.4) is 0 Å². The molecule has 1 unspecified atom stereocenters. The third kappa shape index (κ3) is 5.82. The molecule has 0 aliphatic carbocycles. The lowest BCUT2D eigenvalue weighted by molar-refractivity contribution is 0.111. The molecule has 0 fully saturated rings. The summed E-state index contributed by atoms with van der Waals surface area (Å²) in [4.78, 5) is 4.31. The lowest BCUT2D eigenvalue weighted by Crippen LogP contribution is -2.23. The molecule has 1 atom stereocenters. The Balaban J connectivity index is 0.00000242. The Hall–Kier alpha value is -1.31. The van der Waals surface area contributed by atoms with Gasteiger partial charge in [0.25, 0.3) is 0 Å². The Morgan fingerprint density at radius 2 is 1.95 bits per heavy atom. The number of guanidine groups is 1. The van der Waals surface area contributed by atoms with Gasteiger partial charge in [-0.25, -0.2) is 0 Å². The quantitative estimate of drug-likeness (QED) is 0.426. The highest BCUT2D eigenvalue weighted by Gasteiger charge is 2.10. The number of methoxy groups -OCH3 is 1. The second-order valence-corrected chi connectivity index (χ2v) is 4.93. The molecule has 0 aromatic heterocycles. The van der Waals surface area contributed by atoms with Crippen molar-refractivity contribution < 1.29 is 4.74 Å². The van der Waals surface area contributed by atoms with Crippen molar-refractivity contribution in [1.82, 2.24) is 0 Å². The molecule has 2 rings (SSSR count). The van der Waals surface area contributed by atoms with Crippen LogP contribution in [0.15, 0.2) is 59.6 Å². The van der Waals surface area contributed by atoms with Gasteiger partial charge in [0.15, 0.2) is 5.96 Å². The summed E-state index contributed by atoms with van der Waals surface area (Å²) in [5.74, 6) is 0.352. The standard InChI is InChI=1S/C16H18ClN3O.HI/c1-21-15(12-6-5-7-13(17)10-12)11-19-16(18)20-14-8-3-2-4-9-14;/h2-10,15H,11H2,1H3,(H3,18,19,20);1H. The number of hydrogen-bond acceptors (Lipinski definition) is 2. The van der Waals surface area contributed by atoms with Crippen LogP contribution in [-0.2, 0) is 4.74 Å². The predicted molar refractivity (Wildman–Crippen MR) is 103 cm³/mol. The minimum absolute atomic E-state index is 0. The first kappa shape index (κ1) is 18.7. The van der Waals surface area contributed by atoms with E-state index >= 15 is 0 Å². The van der Waals surface area contributed by atoms with Gasteiger partial charge in [0.1, 0.15) is 6.10 Å². The number of nitrogens with one attached hydrogen (secondary N) is 1. The first-order valence-electron chi connectivity index (χ1n) is 6.59. The summed E-state index contributed by atoms with van der Waals surface area (Å²) in [5.41, 5.74) is 7.75. The highest BCUT2D eigenvalue weighted by molar-refractivity contribution is 14.0. The first-order chi connectivity index (χ1) is 10.2. The van der Waals surface area contributed by atoms with Crippen LogP contribution in [0.2, 0.25) is 5.02 Å². The topological polar surface area (TPSA) is 59.6 Å². The maximum absolute atomic E-state index is 5.99. The number of ether oxygens (including phenoxy) is 1. The van der Waals surface area contributed by atoms with E-state index in [1.54, 1.807) is 7.11 Å². The fourth-order valence-electron chi connectivity index (χ4n) is 1.91. The van der Waals surface area contributed by atoms with Crippen molar-refractivity contribution >= 4 is 47.2 Å². The number of halogens is 2. The smallest absolute Gasteiger partial charge is 0.193 e. The van der Waals surface area contributed by atoms with Gasteiger partial charge in [0, 0.05) is 17.8 Å². The van der Waals surface area contributed by atoms with Gasteiger partial charge in [-0.3, -0.25) is 4.99 Å². The number of para-hydroxylation sites is 1. The number of rotatable bonds is 5. The van der Waals surface area contributed by atoms with Crippen molar-refractivity contribution in [3.05, 3.63) is 65.2 Å². The minimum atomic E-state index is -0.181. The van der Waals surface area contributed by atoms with Crippen LogP contribution >= 0.6 is 35.6 Å². The number of anilines is 1. The van der Waals surface area contributed by atoms with E-state index in [-0.39, 0.29) is 30.1 Å². The van der Waals surface area contributed by atoms with Crippen molar-refractivity contribution in [2.24, 2.45) is 10.7 Å². The molecule has 118 valence electrons. The van der Waals surface area contributed by atoms with Crippen molar-refractivity contribution in [3.63, 3.8) is 0 Å². The zero-order valence-corrected chi connectivity index (χ0v) is 15.3. The molecule has 0 amide bonds. The van der Waals surface area contributed by atoms with E-state index in [4.69, 9.17) is 22.1 Å². The van der Waals surface area contributed by atoms with Crippen LogP contribution in [0.4, 0.5) is 5.69 Å². The van der Waals surface area contributed by atoms with Crippen LogP contribution in [0.5, 0.6) is 0 Å². The van der Waals surface area contributed by atoms with E-state index in [1.807, 2.05) is 54.6 Å². The molecule has 3 N–H and O–H groups in total. The van der Waals surface area contributed by atoms with Gasteiger partial charge in [0.05, 0.1) is 6.54 Å². The minimum Gasteiger partial charge on any atom is -0.375 e. The molecule has 6 heteroatoms. The summed E-state index contributed by atoms with van der Waals surface area (Å²) in [5, 5.41) is 3.71. The zero-order valence-electron chi connectivity index (χ0n) is 12.2. The van der Waals surface area contributed by atoms with E-state index in [0.717, 1.165) is 11.3 Å². The molecule has 0 saturated heterocycles. The Bertz CT molecular complexity index is 607. The number of nitrogens with zero attached hydrogens (tertiary/aromatic N) is 1. The van der Waals surface area contributed by atoms with Crippen molar-refractivity contribution in [2.45, 2.75) is 6.10 Å². The van der Waals surface area contributed by atoms with E-state index in [2.05, 4.69) is 10.3 Å². The number of benzene rings is 2. The highest BCUT2D eigenvalue weighted by atomic mass is 127. The van der Waals surface area contributed by atoms with Crippen LogP contribution in [0, 0.1) is 0 Å². The fourth-order valence-corrected chi connectivity index (χ4v) is 2.11. The van der Waals surface area contributed by atoms with Gasteiger partial charge < -0.3 is 15.8 Å². The van der Waals surface area contributed by atoms with E-state index in [0.29, 0.717) is 17.5 Å². The average molecular weight is 432 g/mol. The summed E-state index contributed by atoms with van der Waals surface area (Å²) in [6.45, 7) is 0.419. The van der Waals surface area contributed by atoms with E-state index < -0.39 is 0 Å². The third-order valence-corrected chi connectivity index (χ3v) is 3.21. The molecule has 22 heavy (non-hydrogen) atoms. The van der Waals surface area contributed by atoms with Crippen LogP contribution in [0.25, 0.3) is 0 Å². The molecule has 0 aliphatic heterocycles. The van der Waals surface area contributed by atoms with Gasteiger partial charge in [-0.05, 0) is 29.8 Å². The summed E-state index contributed by atoms with van der Waals surface area (Å²) < 4.78 is 5.44. The maximum atomic E-state index is 5.99. The lowest BCUT2D eigenvalue weighted by atomic mass is 10.1. The molecule has 2 aromatic carbocycles. The second kappa shape index (κ2) is 9.66. The largest absolute Gasteiger partial charge is 0.375 e. The van der Waals surface area contributed by atoms with Gasteiger partial charge in [-0.15, -0.1) is 24.0 Å². The second-order valence-electron chi connectivity index (χ2n) is 4.50. The SMILES string of the molecule is COC(CN=C(N)Nc1ccccc1)c1cccc(Cl)c1.I. The van der Waals surface area contributed by atoms with Crippen molar-refractivity contribution in [1.29, 1.82) is 0 Å². The normalized spacial score (nSPS) is 12.4. The summed E-state index contributed by atoms with van der Waals surface area (Å²) in [6.07, 6.45) is -0.181. The van der Waals surface area contributed by atoms with Crippen molar-refractivity contribution in [2.75, 3.05) is 19.0 Å². The molecular formula is C16H19ClIN3O. The Kier molecular flexibility index (Phi) is 8.22. The van der Waals surface area contributed by atoms with Gasteiger partial charge in [0.2, 0.25) is 0 Å². The summed E-state index contributed by atoms with van der Waals surface area (Å²) >= 11 is 5.99. The van der Waals surface area contributed by atoms with Crippen LogP contribution in [0.1, 0.15) is 11.7 Å². The lowest BCUT2D eigenvalue weighted by Gasteiger charge is -2.14. The molecule has 4 nitrogen and oxygen atoms in total. The van der Waals surface area contributed by atoms with Crippen LogP contribution < -0.4 is 11.1 Å². The summed E-state index contributed by atoms with van der Waals surface area (Å²) in [6, 6.07) is 17.2. The molecular weight excluding hydrogens is 413 g/mol. The van der Waals surface area contributed by atoms with Gasteiger partial charge in [-0.2, -0.15) is 0 Å². The molecule has 2 aromatic rings. The number of aliphatic imine (C=N–C) groups is 1.